The number of hydrogen-bond acceptors (Lipinski definition) is 8. The van der Waals surface area contributed by atoms with E-state index in [0.29, 0.717) is 36.4 Å². The van der Waals surface area contributed by atoms with E-state index in [-0.39, 0.29) is 40.8 Å². The molecule has 2 amide bonds. The number of ether oxygens (including phenoxy) is 2. The Hall–Kier alpha value is -3.22. The molecule has 2 aromatic carbocycles. The van der Waals surface area contributed by atoms with Crippen LogP contribution in [0.15, 0.2) is 36.4 Å². The maximum absolute atomic E-state index is 15.0. The number of hydrogen-bond donors (Lipinski definition) is 1. The highest BCUT2D eigenvalue weighted by atomic mass is 32.3. The van der Waals surface area contributed by atoms with Crippen molar-refractivity contribution in [1.82, 2.24) is 14.3 Å². The standard InChI is InChI=1S/C29H37FN4O5S2.H2/c1-18(17-37-41(6,7)29(3,4)5)38-22-13-21(26(35)32-28-31-19(2)33-40-28)14-23(16-22)39-25-10-9-20(15-24(25)30)27(36)34-11-8-12-34;/h9-10,13-16,18H,8,11-12,17H2,1-7H3,(H,31,32,33,35);1H/t18-;/m0./s1. The number of aryl methyl sites for hydroxylation is 1. The predicted molar refractivity (Wildman–Crippen MR) is 163 cm³/mol. The Labute approximate surface area is 247 Å². The Bertz CT molecular complexity index is 1430. The van der Waals surface area contributed by atoms with Crippen LogP contribution in [0.2, 0.25) is 0 Å². The van der Waals surface area contributed by atoms with Gasteiger partial charge in [-0.15, -0.1) is 10.3 Å². The molecule has 4 rings (SSSR count). The smallest absolute Gasteiger partial charge is 0.257 e. The average Bonchev–Trinajstić information content (AvgIpc) is 3.26. The van der Waals surface area contributed by atoms with E-state index >= 15 is 4.39 Å². The van der Waals surface area contributed by atoms with Gasteiger partial charge in [-0.3, -0.25) is 14.9 Å². The van der Waals surface area contributed by atoms with Crippen molar-refractivity contribution in [3.05, 3.63) is 59.2 Å². The van der Waals surface area contributed by atoms with Crippen LogP contribution < -0.4 is 14.8 Å². The normalized spacial score (nSPS) is 14.7. The van der Waals surface area contributed by atoms with Crippen LogP contribution in [0.1, 0.15) is 62.1 Å². The summed E-state index contributed by atoms with van der Waals surface area (Å²) in [5.74, 6) is -0.342. The molecule has 12 heteroatoms. The highest BCUT2D eigenvalue weighted by Gasteiger charge is 2.29. The third kappa shape index (κ3) is 7.75. The highest BCUT2D eigenvalue weighted by Crippen LogP contribution is 2.53. The molecule has 0 spiro atoms. The first-order chi connectivity index (χ1) is 19.2. The number of halogens is 1. The number of aromatic nitrogens is 2. The third-order valence-corrected chi connectivity index (χ3v) is 11.2. The van der Waals surface area contributed by atoms with Crippen molar-refractivity contribution >= 4 is 38.8 Å². The number of rotatable bonds is 10. The summed E-state index contributed by atoms with van der Waals surface area (Å²) in [4.78, 5) is 31.4. The Balaban J connectivity index is 0.00000484. The number of benzene rings is 2. The van der Waals surface area contributed by atoms with Crippen LogP contribution in [-0.2, 0) is 4.18 Å². The molecular weight excluding hydrogens is 567 g/mol. The van der Waals surface area contributed by atoms with Crippen LogP contribution in [0.3, 0.4) is 0 Å². The molecule has 1 saturated heterocycles. The van der Waals surface area contributed by atoms with Gasteiger partial charge in [-0.05, 0) is 63.1 Å². The van der Waals surface area contributed by atoms with E-state index in [1.54, 1.807) is 24.0 Å². The first-order valence-electron chi connectivity index (χ1n) is 13.3. The quantitative estimate of drug-likeness (QED) is 0.275. The summed E-state index contributed by atoms with van der Waals surface area (Å²) in [6.45, 7) is 11.7. The van der Waals surface area contributed by atoms with Crippen LogP contribution in [0, 0.1) is 12.7 Å². The zero-order chi connectivity index (χ0) is 29.9. The number of carbonyl (C=O) groups excluding carboxylic acids is 2. The summed E-state index contributed by atoms with van der Waals surface area (Å²) >= 11 is 1.07. The highest BCUT2D eigenvalue weighted by molar-refractivity contribution is 8.29. The number of nitrogens with zero attached hydrogens (tertiary/aromatic N) is 3. The first kappa shape index (κ1) is 30.7. The lowest BCUT2D eigenvalue weighted by Gasteiger charge is -2.44. The Morgan fingerprint density at radius 2 is 1.85 bits per heavy atom. The van der Waals surface area contributed by atoms with Crippen molar-refractivity contribution < 1.29 is 29.1 Å². The Morgan fingerprint density at radius 1 is 1.15 bits per heavy atom. The van der Waals surface area contributed by atoms with E-state index in [9.17, 15) is 9.59 Å². The largest absolute Gasteiger partial charge is 0.488 e. The molecule has 2 heterocycles. The molecule has 41 heavy (non-hydrogen) atoms. The SMILES string of the molecule is Cc1nsc(NC(=O)c2cc(Oc3ccc(C(=O)N4CCC4)cc3F)cc(O[C@@H](C)COS(C)(C)C(C)(C)C)c2)n1.[HH]. The summed E-state index contributed by atoms with van der Waals surface area (Å²) in [5.41, 5.74) is 0.484. The van der Waals surface area contributed by atoms with E-state index in [2.05, 4.69) is 48.0 Å². The molecule has 224 valence electrons. The predicted octanol–water partition coefficient (Wildman–Crippen LogP) is 6.68. The maximum Gasteiger partial charge on any atom is 0.257 e. The molecule has 1 atom stereocenters. The summed E-state index contributed by atoms with van der Waals surface area (Å²) in [6, 6.07) is 8.77. The summed E-state index contributed by atoms with van der Waals surface area (Å²) < 4.78 is 37.3. The summed E-state index contributed by atoms with van der Waals surface area (Å²) in [6.07, 6.45) is 4.83. The zero-order valence-electron chi connectivity index (χ0n) is 24.4. The van der Waals surface area contributed by atoms with Gasteiger partial charge in [-0.2, -0.15) is 4.37 Å². The number of likely N-dealkylation sites (tertiary alicyclic amines) is 1. The second-order valence-electron chi connectivity index (χ2n) is 11.2. The van der Waals surface area contributed by atoms with Crippen molar-refractivity contribution in [3.8, 4) is 17.2 Å². The monoisotopic (exact) mass is 606 g/mol. The van der Waals surface area contributed by atoms with Gasteiger partial charge in [0.05, 0.1) is 6.61 Å². The van der Waals surface area contributed by atoms with Crippen LogP contribution in [-0.4, -0.2) is 69.1 Å². The molecule has 1 aliphatic rings. The minimum Gasteiger partial charge on any atom is -0.488 e. The third-order valence-electron chi connectivity index (χ3n) is 6.85. The van der Waals surface area contributed by atoms with E-state index in [1.807, 2.05) is 6.92 Å². The molecule has 1 aliphatic heterocycles. The average molecular weight is 607 g/mol. The fourth-order valence-electron chi connectivity index (χ4n) is 3.60. The Morgan fingerprint density at radius 3 is 2.44 bits per heavy atom. The minimum absolute atomic E-state index is 0. The number of anilines is 1. The van der Waals surface area contributed by atoms with E-state index in [1.165, 1.54) is 24.3 Å². The lowest BCUT2D eigenvalue weighted by Crippen LogP contribution is -2.42. The van der Waals surface area contributed by atoms with E-state index in [4.69, 9.17) is 13.7 Å². The topological polar surface area (TPSA) is 103 Å². The summed E-state index contributed by atoms with van der Waals surface area (Å²) in [5, 5.41) is 3.07. The van der Waals surface area contributed by atoms with Crippen molar-refractivity contribution in [2.75, 3.05) is 37.5 Å². The summed E-state index contributed by atoms with van der Waals surface area (Å²) in [7, 11) is -1.36. The van der Waals surface area contributed by atoms with E-state index in [0.717, 1.165) is 18.0 Å². The van der Waals surface area contributed by atoms with Gasteiger partial charge in [0, 0.05) is 48.0 Å². The van der Waals surface area contributed by atoms with Crippen molar-refractivity contribution in [2.24, 2.45) is 0 Å². The second-order valence-corrected chi connectivity index (χ2v) is 15.9. The van der Waals surface area contributed by atoms with Crippen molar-refractivity contribution in [3.63, 3.8) is 0 Å². The van der Waals surface area contributed by atoms with Gasteiger partial charge in [0.15, 0.2) is 11.6 Å². The van der Waals surface area contributed by atoms with Gasteiger partial charge in [0.1, 0.15) is 23.4 Å². The second kappa shape index (κ2) is 12.3. The number of carbonyl (C=O) groups is 2. The molecule has 0 unspecified atom stereocenters. The van der Waals surface area contributed by atoms with Crippen molar-refractivity contribution in [2.45, 2.75) is 51.9 Å². The van der Waals surface area contributed by atoms with Gasteiger partial charge < -0.3 is 18.6 Å². The molecule has 0 aliphatic carbocycles. The van der Waals surface area contributed by atoms with Gasteiger partial charge in [0.2, 0.25) is 5.13 Å². The lowest BCUT2D eigenvalue weighted by molar-refractivity contribution is 0.0651. The van der Waals surface area contributed by atoms with Crippen LogP contribution in [0.25, 0.3) is 0 Å². The zero-order valence-corrected chi connectivity index (χ0v) is 26.1. The molecule has 9 nitrogen and oxygen atoms in total. The van der Waals surface area contributed by atoms with Crippen LogP contribution in [0.5, 0.6) is 17.2 Å². The molecule has 3 aromatic rings. The van der Waals surface area contributed by atoms with Gasteiger partial charge in [-0.25, -0.2) is 9.37 Å². The van der Waals surface area contributed by atoms with Gasteiger partial charge in [-0.1, -0.05) is 20.8 Å². The number of nitrogens with one attached hydrogen (secondary N) is 1. The fraction of sp³-hybridized carbons (Fsp3) is 0.448. The molecule has 0 radical (unpaired) electrons. The number of amides is 2. The lowest BCUT2D eigenvalue weighted by atomic mass is 10.1. The molecular formula is C29H39FN4O5S2. The molecule has 1 N–H and O–H groups in total. The molecule has 1 fully saturated rings. The van der Waals surface area contributed by atoms with Gasteiger partial charge >= 0.3 is 0 Å². The van der Waals surface area contributed by atoms with Crippen LogP contribution >= 0.6 is 21.8 Å². The molecule has 0 saturated carbocycles. The molecule has 1 aromatic heterocycles. The van der Waals surface area contributed by atoms with E-state index < -0.39 is 22.0 Å². The molecule has 0 bridgehead atoms. The van der Waals surface area contributed by atoms with Crippen molar-refractivity contribution in [1.29, 1.82) is 0 Å². The first-order valence-corrected chi connectivity index (χ1v) is 16.4. The Kier molecular flexibility index (Phi) is 9.25. The maximum atomic E-state index is 15.0. The van der Waals surface area contributed by atoms with Crippen LogP contribution in [0.4, 0.5) is 9.52 Å². The fourth-order valence-corrected chi connectivity index (χ4v) is 5.06. The minimum atomic E-state index is -1.36. The van der Waals surface area contributed by atoms with Gasteiger partial charge in [0.25, 0.3) is 11.8 Å².